The molecule has 1 heterocycles. The van der Waals surface area contributed by atoms with Gasteiger partial charge >= 0.3 is 0 Å². The van der Waals surface area contributed by atoms with E-state index in [0.29, 0.717) is 6.10 Å². The van der Waals surface area contributed by atoms with Gasteiger partial charge in [0, 0.05) is 25.5 Å². The van der Waals surface area contributed by atoms with Gasteiger partial charge in [0.05, 0.1) is 12.7 Å². The molecule has 4 heteroatoms. The van der Waals surface area contributed by atoms with Crippen molar-refractivity contribution in [3.05, 3.63) is 0 Å². The number of nitrogens with zero attached hydrogens (tertiary/aromatic N) is 1. The van der Waals surface area contributed by atoms with Crippen molar-refractivity contribution in [1.29, 1.82) is 0 Å². The average molecular weight is 277 g/mol. The summed E-state index contributed by atoms with van der Waals surface area (Å²) in [6.45, 7) is 10.7. The molecule has 0 radical (unpaired) electrons. The van der Waals surface area contributed by atoms with Gasteiger partial charge in [0.1, 0.15) is 0 Å². The molecule has 0 saturated carbocycles. The Hall–Kier alpha value is 0.170. The molecule has 108 valence electrons. The highest BCUT2D eigenvalue weighted by Crippen LogP contribution is 2.11. The number of rotatable bonds is 9. The standard InChI is InChI=1S/C14H29ClN2O/c1-3-5-13(6-7-15)10-16-11-14-12-17(4-2)8-9-18-14/h13-14,16H,3-12H2,1-2H3. The van der Waals surface area contributed by atoms with Gasteiger partial charge in [-0.15, -0.1) is 11.6 Å². The highest BCUT2D eigenvalue weighted by molar-refractivity contribution is 6.17. The lowest BCUT2D eigenvalue weighted by molar-refractivity contribution is -0.0255. The fourth-order valence-corrected chi connectivity index (χ4v) is 2.86. The van der Waals surface area contributed by atoms with E-state index in [1.54, 1.807) is 0 Å². The molecule has 0 spiro atoms. The Morgan fingerprint density at radius 3 is 2.89 bits per heavy atom. The fraction of sp³-hybridized carbons (Fsp3) is 1.00. The van der Waals surface area contributed by atoms with Gasteiger partial charge in [0.15, 0.2) is 0 Å². The summed E-state index contributed by atoms with van der Waals surface area (Å²) in [4.78, 5) is 2.46. The molecular weight excluding hydrogens is 248 g/mol. The van der Waals surface area contributed by atoms with Gasteiger partial charge in [-0.25, -0.2) is 0 Å². The smallest absolute Gasteiger partial charge is 0.0826 e. The third-order valence-corrected chi connectivity index (χ3v) is 3.91. The van der Waals surface area contributed by atoms with Crippen molar-refractivity contribution in [3.8, 4) is 0 Å². The minimum atomic E-state index is 0.358. The van der Waals surface area contributed by atoms with Gasteiger partial charge in [-0.3, -0.25) is 4.90 Å². The van der Waals surface area contributed by atoms with Crippen molar-refractivity contribution in [2.24, 2.45) is 5.92 Å². The SMILES string of the molecule is CCCC(CCCl)CNCC1CN(CC)CCO1. The molecule has 1 fully saturated rings. The molecule has 0 aliphatic carbocycles. The number of alkyl halides is 1. The van der Waals surface area contributed by atoms with Crippen LogP contribution >= 0.6 is 11.6 Å². The van der Waals surface area contributed by atoms with Crippen LogP contribution in [0.4, 0.5) is 0 Å². The minimum Gasteiger partial charge on any atom is -0.374 e. The van der Waals surface area contributed by atoms with Crippen molar-refractivity contribution in [2.45, 2.75) is 39.2 Å². The molecule has 1 rings (SSSR count). The Bertz CT molecular complexity index is 198. The van der Waals surface area contributed by atoms with Crippen molar-refractivity contribution in [3.63, 3.8) is 0 Å². The van der Waals surface area contributed by atoms with Gasteiger partial charge < -0.3 is 10.1 Å². The van der Waals surface area contributed by atoms with Crippen LogP contribution in [0.3, 0.4) is 0 Å². The quantitative estimate of drug-likeness (QED) is 0.654. The predicted octanol–water partition coefficient (Wildman–Crippen LogP) is 2.34. The molecule has 2 atom stereocenters. The summed E-state index contributed by atoms with van der Waals surface area (Å²) >= 11 is 5.84. The molecule has 2 unspecified atom stereocenters. The molecule has 1 saturated heterocycles. The van der Waals surface area contributed by atoms with E-state index >= 15 is 0 Å². The van der Waals surface area contributed by atoms with Gasteiger partial charge in [-0.2, -0.15) is 0 Å². The minimum absolute atomic E-state index is 0.358. The number of hydrogen-bond acceptors (Lipinski definition) is 3. The Labute approximate surface area is 117 Å². The topological polar surface area (TPSA) is 24.5 Å². The number of nitrogens with one attached hydrogen (secondary N) is 1. The summed E-state index contributed by atoms with van der Waals surface area (Å²) in [7, 11) is 0. The van der Waals surface area contributed by atoms with E-state index in [1.807, 2.05) is 0 Å². The van der Waals surface area contributed by atoms with E-state index in [1.165, 1.54) is 12.8 Å². The zero-order valence-electron chi connectivity index (χ0n) is 12.0. The molecule has 0 aromatic carbocycles. The Kier molecular flexibility index (Phi) is 9.03. The lowest BCUT2D eigenvalue weighted by Gasteiger charge is -2.32. The molecule has 1 aliphatic rings. The largest absolute Gasteiger partial charge is 0.374 e. The second kappa shape index (κ2) is 10.0. The number of morpholine rings is 1. The second-order valence-electron chi connectivity index (χ2n) is 5.18. The highest BCUT2D eigenvalue weighted by atomic mass is 35.5. The molecule has 0 bridgehead atoms. The first-order valence-corrected chi connectivity index (χ1v) is 7.94. The molecule has 0 amide bonds. The maximum absolute atomic E-state index is 5.84. The van der Waals surface area contributed by atoms with Gasteiger partial charge in [-0.05, 0) is 31.8 Å². The maximum Gasteiger partial charge on any atom is 0.0826 e. The van der Waals surface area contributed by atoms with Crippen LogP contribution in [-0.4, -0.2) is 56.2 Å². The van der Waals surface area contributed by atoms with Crippen molar-refractivity contribution in [2.75, 3.05) is 45.2 Å². The third kappa shape index (κ3) is 6.37. The van der Waals surface area contributed by atoms with Crippen LogP contribution in [0, 0.1) is 5.92 Å². The van der Waals surface area contributed by atoms with Gasteiger partial charge in [-0.1, -0.05) is 20.3 Å². The first kappa shape index (κ1) is 16.2. The zero-order valence-corrected chi connectivity index (χ0v) is 12.7. The summed E-state index contributed by atoms with van der Waals surface area (Å²) in [5, 5.41) is 3.56. The molecule has 1 aliphatic heterocycles. The van der Waals surface area contributed by atoms with Crippen LogP contribution in [0.2, 0.25) is 0 Å². The van der Waals surface area contributed by atoms with Crippen LogP contribution < -0.4 is 5.32 Å². The van der Waals surface area contributed by atoms with Crippen LogP contribution in [0.15, 0.2) is 0 Å². The number of hydrogen-bond donors (Lipinski definition) is 1. The third-order valence-electron chi connectivity index (χ3n) is 3.69. The summed E-state index contributed by atoms with van der Waals surface area (Å²) in [5.41, 5.74) is 0. The number of halogens is 1. The predicted molar refractivity (Wildman–Crippen MR) is 78.5 cm³/mol. The van der Waals surface area contributed by atoms with Crippen molar-refractivity contribution in [1.82, 2.24) is 10.2 Å². The molecule has 1 N–H and O–H groups in total. The Balaban J connectivity index is 2.15. The zero-order chi connectivity index (χ0) is 13.2. The van der Waals surface area contributed by atoms with Crippen molar-refractivity contribution >= 4 is 11.6 Å². The van der Waals surface area contributed by atoms with Crippen LogP contribution in [0.25, 0.3) is 0 Å². The number of likely N-dealkylation sites (N-methyl/N-ethyl adjacent to an activating group) is 1. The fourth-order valence-electron chi connectivity index (χ4n) is 2.55. The summed E-state index contributed by atoms with van der Waals surface area (Å²) in [5.74, 6) is 1.49. The first-order valence-electron chi connectivity index (χ1n) is 7.40. The lowest BCUT2D eigenvalue weighted by atomic mass is 10.0. The normalized spacial score (nSPS) is 23.2. The molecule has 0 aromatic rings. The molecular formula is C14H29ClN2O. The second-order valence-corrected chi connectivity index (χ2v) is 5.55. The number of ether oxygens (including phenoxy) is 1. The van der Waals surface area contributed by atoms with Crippen molar-refractivity contribution < 1.29 is 4.74 Å². The summed E-state index contributed by atoms with van der Waals surface area (Å²) in [6.07, 6.45) is 3.99. The van der Waals surface area contributed by atoms with Crippen LogP contribution in [0.5, 0.6) is 0 Å². The maximum atomic E-state index is 5.84. The van der Waals surface area contributed by atoms with E-state index in [0.717, 1.165) is 57.5 Å². The van der Waals surface area contributed by atoms with E-state index in [2.05, 4.69) is 24.1 Å². The Morgan fingerprint density at radius 1 is 1.39 bits per heavy atom. The Morgan fingerprint density at radius 2 is 2.22 bits per heavy atom. The van der Waals surface area contributed by atoms with Crippen LogP contribution in [-0.2, 0) is 4.74 Å². The van der Waals surface area contributed by atoms with E-state index in [4.69, 9.17) is 16.3 Å². The monoisotopic (exact) mass is 276 g/mol. The summed E-state index contributed by atoms with van der Waals surface area (Å²) in [6, 6.07) is 0. The highest BCUT2D eigenvalue weighted by Gasteiger charge is 2.19. The lowest BCUT2D eigenvalue weighted by Crippen LogP contribution is -2.47. The average Bonchev–Trinajstić information content (AvgIpc) is 2.39. The van der Waals surface area contributed by atoms with Gasteiger partial charge in [0.25, 0.3) is 0 Å². The van der Waals surface area contributed by atoms with E-state index < -0.39 is 0 Å². The van der Waals surface area contributed by atoms with Crippen LogP contribution in [0.1, 0.15) is 33.1 Å². The van der Waals surface area contributed by atoms with Gasteiger partial charge in [0.2, 0.25) is 0 Å². The molecule has 18 heavy (non-hydrogen) atoms. The summed E-state index contributed by atoms with van der Waals surface area (Å²) < 4.78 is 5.78. The van der Waals surface area contributed by atoms with E-state index in [-0.39, 0.29) is 0 Å². The van der Waals surface area contributed by atoms with E-state index in [9.17, 15) is 0 Å². The molecule has 0 aromatic heterocycles. The first-order chi connectivity index (χ1) is 8.80. The molecule has 3 nitrogen and oxygen atoms in total.